The van der Waals surface area contributed by atoms with E-state index in [0.29, 0.717) is 12.8 Å². The Balaban J connectivity index is 0.000000310. The third kappa shape index (κ3) is 7.70. The van der Waals surface area contributed by atoms with Gasteiger partial charge in [-0.25, -0.2) is 0 Å². The van der Waals surface area contributed by atoms with E-state index in [0.717, 1.165) is 0 Å². The van der Waals surface area contributed by atoms with E-state index >= 15 is 0 Å². The lowest BCUT2D eigenvalue weighted by atomic mass is 10.1. The topological polar surface area (TPSA) is 92.8 Å². The molecular formula is C8H17NO4. The highest BCUT2D eigenvalue weighted by atomic mass is 16.6. The number of carbonyl (C=O) groups excluding carboxylic acids is 1. The highest BCUT2D eigenvalue weighted by Crippen LogP contribution is 2.16. The number of carbonyl (C=O) groups is 1. The number of hydrogen-bond acceptors (Lipinski definition) is 4. The summed E-state index contributed by atoms with van der Waals surface area (Å²) >= 11 is 0. The van der Waals surface area contributed by atoms with Crippen LogP contribution in [0, 0.1) is 0 Å². The lowest BCUT2D eigenvalue weighted by molar-refractivity contribution is -0.183. The van der Waals surface area contributed by atoms with Crippen LogP contribution in [-0.4, -0.2) is 34.6 Å². The molecule has 1 aliphatic heterocycles. The first kappa shape index (κ1) is 12.3. The Morgan fingerprint density at radius 2 is 1.92 bits per heavy atom. The van der Waals surface area contributed by atoms with E-state index in [1.165, 1.54) is 6.92 Å². The average Bonchev–Trinajstić information content (AvgIpc) is 1.80. The molecule has 1 aliphatic rings. The molecule has 0 aromatic carbocycles. The standard InChI is InChI=1S/C6H12O3.C2H5NO/c1-4-2-5(7)3-6(8)9-4;1-2(3)4/h4-8H,2-3H2,1H3;1H3,(H2,3,4). The second-order valence-corrected chi connectivity index (χ2v) is 3.14. The van der Waals surface area contributed by atoms with Gasteiger partial charge in [0, 0.05) is 13.3 Å². The third-order valence-electron chi connectivity index (χ3n) is 1.47. The summed E-state index contributed by atoms with van der Waals surface area (Å²) in [5, 5.41) is 17.9. The first-order chi connectivity index (χ1) is 5.91. The number of nitrogens with two attached hydrogens (primary N) is 1. The number of ether oxygens (including phenoxy) is 1. The summed E-state index contributed by atoms with van der Waals surface area (Å²) in [7, 11) is 0. The fraction of sp³-hybridized carbons (Fsp3) is 0.875. The van der Waals surface area contributed by atoms with Gasteiger partial charge in [0.2, 0.25) is 5.91 Å². The predicted molar refractivity (Wildman–Crippen MR) is 46.7 cm³/mol. The number of hydrogen-bond donors (Lipinski definition) is 3. The minimum Gasteiger partial charge on any atom is -0.393 e. The maximum absolute atomic E-state index is 9.22. The molecule has 0 aliphatic carbocycles. The van der Waals surface area contributed by atoms with Gasteiger partial charge in [0.15, 0.2) is 6.29 Å². The van der Waals surface area contributed by atoms with Crippen molar-refractivity contribution in [3.05, 3.63) is 0 Å². The Kier molecular flexibility index (Phi) is 5.61. The number of amides is 1. The second kappa shape index (κ2) is 5.90. The van der Waals surface area contributed by atoms with Crippen molar-refractivity contribution in [1.29, 1.82) is 0 Å². The molecule has 0 aromatic rings. The van der Waals surface area contributed by atoms with Gasteiger partial charge in [-0.2, -0.15) is 0 Å². The van der Waals surface area contributed by atoms with Gasteiger partial charge in [-0.15, -0.1) is 0 Å². The van der Waals surface area contributed by atoms with E-state index in [2.05, 4.69) is 5.73 Å². The van der Waals surface area contributed by atoms with Crippen LogP contribution >= 0.6 is 0 Å². The molecule has 4 N–H and O–H groups in total. The van der Waals surface area contributed by atoms with Crippen molar-refractivity contribution in [1.82, 2.24) is 0 Å². The van der Waals surface area contributed by atoms with Crippen LogP contribution in [0.2, 0.25) is 0 Å². The molecule has 78 valence electrons. The molecule has 3 atom stereocenters. The van der Waals surface area contributed by atoms with E-state index in [4.69, 9.17) is 14.9 Å². The summed E-state index contributed by atoms with van der Waals surface area (Å²) in [5.41, 5.74) is 4.47. The molecular weight excluding hydrogens is 174 g/mol. The van der Waals surface area contributed by atoms with E-state index < -0.39 is 6.29 Å². The summed E-state index contributed by atoms with van der Waals surface area (Å²) in [6, 6.07) is 0. The lowest BCUT2D eigenvalue weighted by Gasteiger charge is -2.27. The van der Waals surface area contributed by atoms with Gasteiger partial charge in [0.05, 0.1) is 12.2 Å². The third-order valence-corrected chi connectivity index (χ3v) is 1.47. The van der Waals surface area contributed by atoms with Crippen LogP contribution in [0.25, 0.3) is 0 Å². The van der Waals surface area contributed by atoms with Crippen LogP contribution in [0.5, 0.6) is 0 Å². The maximum Gasteiger partial charge on any atom is 0.214 e. The molecule has 0 spiro atoms. The van der Waals surface area contributed by atoms with E-state index in [-0.39, 0.29) is 18.1 Å². The zero-order chi connectivity index (χ0) is 10.4. The zero-order valence-corrected chi connectivity index (χ0v) is 7.93. The molecule has 0 bridgehead atoms. The van der Waals surface area contributed by atoms with Crippen molar-refractivity contribution in [2.24, 2.45) is 5.73 Å². The van der Waals surface area contributed by atoms with Crippen LogP contribution in [0.15, 0.2) is 0 Å². The average molecular weight is 191 g/mol. The van der Waals surface area contributed by atoms with E-state index in [1.807, 2.05) is 6.92 Å². The summed E-state index contributed by atoms with van der Waals surface area (Å²) in [5.74, 6) is -0.333. The monoisotopic (exact) mass is 191 g/mol. The summed E-state index contributed by atoms with van der Waals surface area (Å²) < 4.78 is 4.95. The van der Waals surface area contributed by atoms with Crippen LogP contribution in [0.1, 0.15) is 26.7 Å². The number of aliphatic hydroxyl groups excluding tert-OH is 2. The van der Waals surface area contributed by atoms with Gasteiger partial charge in [-0.3, -0.25) is 4.79 Å². The van der Waals surface area contributed by atoms with Gasteiger partial charge in [0.1, 0.15) is 0 Å². The largest absolute Gasteiger partial charge is 0.393 e. The highest BCUT2D eigenvalue weighted by molar-refractivity contribution is 5.70. The van der Waals surface area contributed by atoms with Crippen LogP contribution < -0.4 is 5.73 Å². The number of rotatable bonds is 0. The predicted octanol–water partition coefficient (Wildman–Crippen LogP) is -0.644. The van der Waals surface area contributed by atoms with Crippen LogP contribution in [-0.2, 0) is 9.53 Å². The fourth-order valence-electron chi connectivity index (χ4n) is 1.09. The molecule has 13 heavy (non-hydrogen) atoms. The van der Waals surface area contributed by atoms with Crippen LogP contribution in [0.4, 0.5) is 0 Å². The van der Waals surface area contributed by atoms with Gasteiger partial charge >= 0.3 is 0 Å². The van der Waals surface area contributed by atoms with Crippen molar-refractivity contribution in [2.45, 2.75) is 45.2 Å². The smallest absolute Gasteiger partial charge is 0.214 e. The summed E-state index contributed by atoms with van der Waals surface area (Å²) in [6.07, 6.45) is -0.169. The van der Waals surface area contributed by atoms with Gasteiger partial charge in [-0.1, -0.05) is 0 Å². The molecule has 1 fully saturated rings. The van der Waals surface area contributed by atoms with Crippen molar-refractivity contribution >= 4 is 5.91 Å². The zero-order valence-electron chi connectivity index (χ0n) is 7.93. The highest BCUT2D eigenvalue weighted by Gasteiger charge is 2.23. The SMILES string of the molecule is CC(N)=O.CC1CC(O)CC(O)O1. The first-order valence-electron chi connectivity index (χ1n) is 4.19. The van der Waals surface area contributed by atoms with Crippen LogP contribution in [0.3, 0.4) is 0 Å². The van der Waals surface area contributed by atoms with Crippen molar-refractivity contribution in [2.75, 3.05) is 0 Å². The number of aliphatic hydroxyl groups is 2. The minimum absolute atomic E-state index is 0.0104. The lowest BCUT2D eigenvalue weighted by Crippen LogP contribution is -2.33. The molecule has 5 heteroatoms. The molecule has 0 radical (unpaired) electrons. The molecule has 1 heterocycles. The number of primary amides is 1. The molecule has 0 aromatic heterocycles. The molecule has 1 saturated heterocycles. The van der Waals surface area contributed by atoms with Gasteiger partial charge in [0.25, 0.3) is 0 Å². The first-order valence-corrected chi connectivity index (χ1v) is 4.19. The van der Waals surface area contributed by atoms with Gasteiger partial charge < -0.3 is 20.7 Å². The quantitative estimate of drug-likeness (QED) is 0.474. The van der Waals surface area contributed by atoms with Crippen molar-refractivity contribution in [3.63, 3.8) is 0 Å². The Morgan fingerprint density at radius 3 is 2.23 bits per heavy atom. The Bertz CT molecular complexity index is 133. The Labute approximate surface area is 77.5 Å². The second-order valence-electron chi connectivity index (χ2n) is 3.14. The molecule has 1 amide bonds. The molecule has 5 nitrogen and oxygen atoms in total. The fourth-order valence-corrected chi connectivity index (χ4v) is 1.09. The molecule has 3 unspecified atom stereocenters. The van der Waals surface area contributed by atoms with Gasteiger partial charge in [-0.05, 0) is 13.3 Å². The Hall–Kier alpha value is -0.650. The molecule has 0 saturated carbocycles. The van der Waals surface area contributed by atoms with E-state index in [9.17, 15) is 4.79 Å². The van der Waals surface area contributed by atoms with Crippen molar-refractivity contribution < 1.29 is 19.7 Å². The molecule has 1 rings (SSSR count). The normalized spacial score (nSPS) is 33.1. The van der Waals surface area contributed by atoms with Crippen molar-refractivity contribution in [3.8, 4) is 0 Å². The Morgan fingerprint density at radius 1 is 1.46 bits per heavy atom. The van der Waals surface area contributed by atoms with E-state index in [1.54, 1.807) is 0 Å². The minimum atomic E-state index is -0.760. The summed E-state index contributed by atoms with van der Waals surface area (Å²) in [6.45, 7) is 3.14. The maximum atomic E-state index is 9.22. The summed E-state index contributed by atoms with van der Waals surface area (Å²) in [4.78, 5) is 9.22.